The van der Waals surface area contributed by atoms with Gasteiger partial charge in [0.15, 0.2) is 0 Å². The molecule has 0 atom stereocenters. The van der Waals surface area contributed by atoms with Crippen LogP contribution in [0.4, 0.5) is 0 Å². The second-order valence-corrected chi connectivity index (χ2v) is 4.49. The van der Waals surface area contributed by atoms with Gasteiger partial charge < -0.3 is 4.42 Å². The zero-order chi connectivity index (χ0) is 12.3. The van der Waals surface area contributed by atoms with Crippen molar-refractivity contribution in [1.29, 1.82) is 0 Å². The van der Waals surface area contributed by atoms with Crippen LogP contribution in [0.5, 0.6) is 0 Å². The molecule has 0 N–H and O–H groups in total. The zero-order valence-electron chi connectivity index (χ0n) is 10.5. The van der Waals surface area contributed by atoms with Crippen molar-refractivity contribution < 1.29 is 4.42 Å². The Balaban J connectivity index is 2.40. The van der Waals surface area contributed by atoms with Crippen molar-refractivity contribution in [3.63, 3.8) is 0 Å². The average Bonchev–Trinajstić information content (AvgIpc) is 2.31. The summed E-state index contributed by atoms with van der Waals surface area (Å²) in [7, 11) is 0. The average molecular weight is 230 g/mol. The summed E-state index contributed by atoms with van der Waals surface area (Å²) in [5.41, 5.74) is 0.921. The van der Waals surface area contributed by atoms with E-state index in [1.807, 2.05) is 31.2 Å². The van der Waals surface area contributed by atoms with Gasteiger partial charge in [-0.3, -0.25) is 0 Å². The maximum atomic E-state index is 11.8. The molecule has 0 aliphatic rings. The van der Waals surface area contributed by atoms with E-state index in [0.29, 0.717) is 5.39 Å². The fourth-order valence-corrected chi connectivity index (χ4v) is 2.09. The molecule has 0 amide bonds. The highest BCUT2D eigenvalue weighted by molar-refractivity contribution is 5.84. The number of hydrogen-bond acceptors (Lipinski definition) is 2. The Morgan fingerprint density at radius 3 is 2.76 bits per heavy atom. The minimum absolute atomic E-state index is 0.210. The minimum atomic E-state index is -0.210. The third-order valence-electron chi connectivity index (χ3n) is 3.10. The topological polar surface area (TPSA) is 30.2 Å². The molecule has 0 bridgehead atoms. The second-order valence-electron chi connectivity index (χ2n) is 4.49. The molecule has 0 spiro atoms. The molecule has 2 rings (SSSR count). The first kappa shape index (κ1) is 11.9. The number of fused-ring (bicyclic) bond motifs is 1. The normalized spacial score (nSPS) is 10.9. The highest BCUT2D eigenvalue weighted by Crippen LogP contribution is 2.17. The molecule has 0 aliphatic carbocycles. The van der Waals surface area contributed by atoms with Crippen LogP contribution < -0.4 is 5.63 Å². The molecule has 1 heterocycles. The maximum absolute atomic E-state index is 11.8. The van der Waals surface area contributed by atoms with E-state index in [0.717, 1.165) is 29.6 Å². The molecule has 0 radical (unpaired) electrons. The lowest BCUT2D eigenvalue weighted by molar-refractivity contribution is 0.458. The van der Waals surface area contributed by atoms with Gasteiger partial charge >= 0.3 is 5.63 Å². The van der Waals surface area contributed by atoms with Gasteiger partial charge in [0.25, 0.3) is 0 Å². The summed E-state index contributed by atoms with van der Waals surface area (Å²) in [6.07, 6.45) is 4.29. The van der Waals surface area contributed by atoms with Crippen LogP contribution in [0.3, 0.4) is 0 Å². The van der Waals surface area contributed by atoms with Crippen LogP contribution in [-0.4, -0.2) is 0 Å². The van der Waals surface area contributed by atoms with Gasteiger partial charge in [-0.25, -0.2) is 4.79 Å². The van der Waals surface area contributed by atoms with E-state index in [1.54, 1.807) is 0 Å². The quantitative estimate of drug-likeness (QED) is 0.747. The van der Waals surface area contributed by atoms with Gasteiger partial charge in [-0.05, 0) is 36.4 Å². The fourth-order valence-electron chi connectivity index (χ4n) is 2.09. The summed E-state index contributed by atoms with van der Waals surface area (Å²) >= 11 is 0. The van der Waals surface area contributed by atoms with Gasteiger partial charge in [-0.1, -0.05) is 31.9 Å². The molecule has 17 heavy (non-hydrogen) atoms. The largest absolute Gasteiger partial charge is 0.427 e. The smallest absolute Gasteiger partial charge is 0.343 e. The molecule has 2 heteroatoms. The highest BCUT2D eigenvalue weighted by atomic mass is 16.4. The van der Waals surface area contributed by atoms with Crippen molar-refractivity contribution in [2.45, 2.75) is 39.5 Å². The molecule has 0 saturated carbocycles. The molecule has 0 aliphatic heterocycles. The summed E-state index contributed by atoms with van der Waals surface area (Å²) in [5.74, 6) is 0.810. The Kier molecular flexibility index (Phi) is 3.62. The molecule has 2 nitrogen and oxygen atoms in total. The molecule has 1 aromatic carbocycles. The van der Waals surface area contributed by atoms with Crippen LogP contribution in [-0.2, 0) is 6.42 Å². The van der Waals surface area contributed by atoms with Crippen LogP contribution in [0.15, 0.2) is 33.5 Å². The van der Waals surface area contributed by atoms with Crippen molar-refractivity contribution in [2.24, 2.45) is 0 Å². The lowest BCUT2D eigenvalue weighted by Gasteiger charge is -2.04. The van der Waals surface area contributed by atoms with Crippen molar-refractivity contribution in [3.05, 3.63) is 46.0 Å². The Bertz CT molecular complexity index is 567. The first-order valence-electron chi connectivity index (χ1n) is 6.24. The third-order valence-corrected chi connectivity index (χ3v) is 3.10. The van der Waals surface area contributed by atoms with Gasteiger partial charge in [0.1, 0.15) is 5.76 Å². The van der Waals surface area contributed by atoms with E-state index in [4.69, 9.17) is 4.42 Å². The third kappa shape index (κ3) is 2.57. The van der Waals surface area contributed by atoms with E-state index in [9.17, 15) is 4.79 Å². The van der Waals surface area contributed by atoms with Crippen molar-refractivity contribution in [2.75, 3.05) is 0 Å². The Morgan fingerprint density at radius 2 is 2.00 bits per heavy atom. The van der Waals surface area contributed by atoms with Crippen LogP contribution in [0.1, 0.15) is 37.5 Å². The standard InChI is InChI=1S/C15H18O2/c1-3-4-5-8-12-10-14-11(2)7-6-9-13(14)15(16)17-12/h6-7,9-10H,3-5,8H2,1-2H3. The molecule has 1 aromatic heterocycles. The SMILES string of the molecule is CCCCCc1cc2c(C)cccc2c(=O)o1. The van der Waals surface area contributed by atoms with Gasteiger partial charge in [-0.15, -0.1) is 0 Å². The molecule has 0 unspecified atom stereocenters. The lowest BCUT2D eigenvalue weighted by atomic mass is 10.1. The number of rotatable bonds is 4. The number of unbranched alkanes of at least 4 members (excludes halogenated alkanes) is 2. The highest BCUT2D eigenvalue weighted by Gasteiger charge is 2.05. The second kappa shape index (κ2) is 5.17. The van der Waals surface area contributed by atoms with Crippen LogP contribution in [0, 0.1) is 6.92 Å². The molecule has 2 aromatic rings. The van der Waals surface area contributed by atoms with Gasteiger partial charge in [-0.2, -0.15) is 0 Å². The maximum Gasteiger partial charge on any atom is 0.343 e. The van der Waals surface area contributed by atoms with E-state index in [2.05, 4.69) is 6.92 Å². The van der Waals surface area contributed by atoms with E-state index >= 15 is 0 Å². The van der Waals surface area contributed by atoms with Gasteiger partial charge in [0.05, 0.1) is 5.39 Å². The monoisotopic (exact) mass is 230 g/mol. The molecule has 90 valence electrons. The summed E-state index contributed by atoms with van der Waals surface area (Å²) in [4.78, 5) is 11.8. The number of benzene rings is 1. The van der Waals surface area contributed by atoms with Crippen molar-refractivity contribution in [1.82, 2.24) is 0 Å². The first-order chi connectivity index (χ1) is 8.22. The predicted molar refractivity (Wildman–Crippen MR) is 70.5 cm³/mol. The first-order valence-corrected chi connectivity index (χ1v) is 6.24. The molecule has 0 saturated heterocycles. The summed E-state index contributed by atoms with van der Waals surface area (Å²) in [6.45, 7) is 4.19. The van der Waals surface area contributed by atoms with Crippen LogP contribution >= 0.6 is 0 Å². The van der Waals surface area contributed by atoms with E-state index in [1.165, 1.54) is 12.8 Å². The summed E-state index contributed by atoms with van der Waals surface area (Å²) < 4.78 is 5.34. The lowest BCUT2D eigenvalue weighted by Crippen LogP contribution is -2.03. The van der Waals surface area contributed by atoms with Crippen molar-refractivity contribution in [3.8, 4) is 0 Å². The molecule has 0 fully saturated rings. The summed E-state index contributed by atoms with van der Waals surface area (Å²) in [6, 6.07) is 7.76. The van der Waals surface area contributed by atoms with Gasteiger partial charge in [0.2, 0.25) is 0 Å². The predicted octanol–water partition coefficient (Wildman–Crippen LogP) is 3.83. The Hall–Kier alpha value is -1.57. The number of aryl methyl sites for hydroxylation is 2. The van der Waals surface area contributed by atoms with E-state index < -0.39 is 0 Å². The minimum Gasteiger partial charge on any atom is -0.427 e. The van der Waals surface area contributed by atoms with Crippen molar-refractivity contribution >= 4 is 10.8 Å². The Labute approximate surface area is 101 Å². The molecular formula is C15H18O2. The summed E-state index contributed by atoms with van der Waals surface area (Å²) in [5, 5.41) is 1.71. The number of hydrogen-bond donors (Lipinski definition) is 0. The van der Waals surface area contributed by atoms with Crippen LogP contribution in [0.25, 0.3) is 10.8 Å². The van der Waals surface area contributed by atoms with Gasteiger partial charge in [0, 0.05) is 6.42 Å². The zero-order valence-corrected chi connectivity index (χ0v) is 10.5. The fraction of sp³-hybridized carbons (Fsp3) is 0.400. The molecular weight excluding hydrogens is 212 g/mol. The van der Waals surface area contributed by atoms with E-state index in [-0.39, 0.29) is 5.63 Å². The van der Waals surface area contributed by atoms with Crippen LogP contribution in [0.2, 0.25) is 0 Å². The Morgan fingerprint density at radius 1 is 1.18 bits per heavy atom.